The number of aromatic nitrogens is 7. The molecule has 2 aliphatic heterocycles. The Balaban J connectivity index is 1.30. The zero-order chi connectivity index (χ0) is 27.6. The van der Waals surface area contributed by atoms with E-state index in [9.17, 15) is 19.1 Å². The Morgan fingerprint density at radius 2 is 1.93 bits per heavy atom. The van der Waals surface area contributed by atoms with Gasteiger partial charge in [0, 0.05) is 55.6 Å². The molecular weight excluding hydrogens is 523 g/mol. The fourth-order valence-electron chi connectivity index (χ4n) is 5.08. The number of nitrogens with one attached hydrogen (secondary N) is 4. The van der Waals surface area contributed by atoms with Crippen LogP contribution in [0.3, 0.4) is 0 Å². The first-order valence-corrected chi connectivity index (χ1v) is 13.2. The smallest absolute Gasteiger partial charge is 0.404 e. The molecule has 0 radical (unpaired) electrons. The maximum Gasteiger partial charge on any atom is 0.404 e. The second-order valence-corrected chi connectivity index (χ2v) is 10.2. The van der Waals surface area contributed by atoms with Crippen LogP contribution >= 0.6 is 0 Å². The van der Waals surface area contributed by atoms with Gasteiger partial charge in [-0.25, -0.2) is 14.2 Å². The van der Waals surface area contributed by atoms with E-state index in [0.29, 0.717) is 31.2 Å². The van der Waals surface area contributed by atoms with Crippen molar-refractivity contribution in [1.29, 1.82) is 0 Å². The van der Waals surface area contributed by atoms with Crippen molar-refractivity contribution in [3.05, 3.63) is 30.4 Å². The molecule has 1 unspecified atom stereocenters. The Kier molecular flexibility index (Phi) is 6.96. The molecule has 3 aromatic heterocycles. The molecule has 1 aliphatic carbocycles. The molecule has 3 aromatic rings. The maximum atomic E-state index is 14.7. The summed E-state index contributed by atoms with van der Waals surface area (Å²) in [6.07, 6.45) is 5.55. The topological polar surface area (TPSA) is 190 Å². The lowest BCUT2D eigenvalue weighted by molar-refractivity contribution is -0.117. The van der Waals surface area contributed by atoms with Gasteiger partial charge in [0.05, 0.1) is 12.7 Å². The van der Waals surface area contributed by atoms with Crippen molar-refractivity contribution < 1.29 is 19.1 Å². The van der Waals surface area contributed by atoms with Crippen LogP contribution in [0.15, 0.2) is 24.7 Å². The molecule has 3 aliphatic rings. The summed E-state index contributed by atoms with van der Waals surface area (Å²) < 4.78 is 14.7. The van der Waals surface area contributed by atoms with Crippen molar-refractivity contribution >= 4 is 41.5 Å². The largest absolute Gasteiger partial charge is 0.465 e. The number of hydrogen-bond acceptors (Lipinski definition) is 11. The fraction of sp³-hybridized carbons (Fsp3) is 0.500. The number of halogens is 1. The Labute approximate surface area is 228 Å². The second-order valence-electron chi connectivity index (χ2n) is 10.2. The first kappa shape index (κ1) is 25.6. The number of amides is 2. The predicted molar refractivity (Wildman–Crippen MR) is 141 cm³/mol. The highest BCUT2D eigenvalue weighted by molar-refractivity contribution is 5.96. The lowest BCUT2D eigenvalue weighted by Gasteiger charge is -2.33. The lowest BCUT2D eigenvalue weighted by Crippen LogP contribution is -2.48. The molecule has 5 N–H and O–H groups in total. The van der Waals surface area contributed by atoms with E-state index < -0.39 is 24.2 Å². The number of carbonyl (C=O) groups is 2. The minimum Gasteiger partial charge on any atom is -0.465 e. The molecule has 3 fully saturated rings. The minimum absolute atomic E-state index is 0.0473. The van der Waals surface area contributed by atoms with E-state index in [2.05, 4.69) is 51.1 Å². The van der Waals surface area contributed by atoms with E-state index in [1.807, 2.05) is 11.0 Å². The van der Waals surface area contributed by atoms with Gasteiger partial charge in [-0.3, -0.25) is 14.9 Å². The molecule has 0 bridgehead atoms. The summed E-state index contributed by atoms with van der Waals surface area (Å²) in [5, 5.41) is 24.9. The predicted octanol–water partition coefficient (Wildman–Crippen LogP) is 1.80. The molecule has 0 aromatic carbocycles. The molecule has 5 heterocycles. The third kappa shape index (κ3) is 5.84. The van der Waals surface area contributed by atoms with Crippen molar-refractivity contribution in [2.45, 2.75) is 56.3 Å². The molecule has 16 heteroatoms. The lowest BCUT2D eigenvalue weighted by atomic mass is 10.1. The molecule has 6 rings (SSSR count). The number of carbonyl (C=O) groups excluding carboxylic acids is 1. The highest BCUT2D eigenvalue weighted by Gasteiger charge is 2.39. The quantitative estimate of drug-likeness (QED) is 0.273. The van der Waals surface area contributed by atoms with Crippen LogP contribution < -0.4 is 25.8 Å². The van der Waals surface area contributed by atoms with Crippen LogP contribution in [0.25, 0.3) is 0 Å². The number of H-pyrrole nitrogens is 1. The molecule has 40 heavy (non-hydrogen) atoms. The number of aromatic amines is 1. The summed E-state index contributed by atoms with van der Waals surface area (Å²) in [4.78, 5) is 49.5. The number of rotatable bonds is 8. The van der Waals surface area contributed by atoms with Gasteiger partial charge in [-0.15, -0.1) is 0 Å². The Morgan fingerprint density at radius 3 is 2.70 bits per heavy atom. The third-order valence-electron chi connectivity index (χ3n) is 7.12. The Morgan fingerprint density at radius 1 is 1.07 bits per heavy atom. The monoisotopic (exact) mass is 552 g/mol. The Bertz CT molecular complexity index is 1370. The van der Waals surface area contributed by atoms with E-state index >= 15 is 0 Å². The van der Waals surface area contributed by atoms with Gasteiger partial charge in [0.2, 0.25) is 23.8 Å². The number of anilines is 5. The summed E-state index contributed by atoms with van der Waals surface area (Å²) >= 11 is 0. The van der Waals surface area contributed by atoms with Gasteiger partial charge >= 0.3 is 6.09 Å². The zero-order valence-corrected chi connectivity index (χ0v) is 21.5. The molecule has 0 spiro atoms. The standard InChI is InChI=1S/C24H29FN12O3/c25-14-8-17(20(38)29-19-10-26-5-6-27-19)37(11-14)23-32-21(30-18-9-16(34-35-18)13-3-4-13)31-22(33-23)36-7-1-2-15(12-36)28-24(39)40/h5-6,9-10,13-15,17,28H,1-4,7-8,11-12H2,(H,39,40)(H,27,29,38)(H2,30,31,32,33,34,35)/t14-,15?,17+/m1/s1. The van der Waals surface area contributed by atoms with Gasteiger partial charge in [-0.05, 0) is 25.7 Å². The number of hydrogen-bond donors (Lipinski definition) is 5. The third-order valence-corrected chi connectivity index (χ3v) is 7.12. The summed E-state index contributed by atoms with van der Waals surface area (Å²) in [5.74, 6) is 1.38. The van der Waals surface area contributed by atoms with E-state index in [0.717, 1.165) is 25.0 Å². The van der Waals surface area contributed by atoms with Crippen LogP contribution in [-0.4, -0.2) is 90.1 Å². The van der Waals surface area contributed by atoms with Crippen LogP contribution in [-0.2, 0) is 4.79 Å². The SMILES string of the molecule is O=C(O)NC1CCCN(c2nc(Nc3cc(C4CC4)[nH]n3)nc(N3C[C@H](F)C[C@H]3C(=O)Nc3cnccn3)n2)C1. The van der Waals surface area contributed by atoms with Gasteiger partial charge in [0.1, 0.15) is 12.2 Å². The average Bonchev–Trinajstić information content (AvgIpc) is 3.56. The van der Waals surface area contributed by atoms with Gasteiger partial charge in [-0.2, -0.15) is 20.1 Å². The average molecular weight is 553 g/mol. The van der Waals surface area contributed by atoms with Crippen LogP contribution in [0.5, 0.6) is 0 Å². The van der Waals surface area contributed by atoms with E-state index in [1.54, 1.807) is 0 Å². The summed E-state index contributed by atoms with van der Waals surface area (Å²) in [6, 6.07) is 0.705. The summed E-state index contributed by atoms with van der Waals surface area (Å²) in [6.45, 7) is 0.863. The van der Waals surface area contributed by atoms with Gasteiger partial charge in [0.25, 0.3) is 0 Å². The van der Waals surface area contributed by atoms with E-state index in [1.165, 1.54) is 23.5 Å². The first-order valence-electron chi connectivity index (χ1n) is 13.2. The molecule has 2 saturated heterocycles. The summed E-state index contributed by atoms with van der Waals surface area (Å²) in [7, 11) is 0. The van der Waals surface area contributed by atoms with Crippen molar-refractivity contribution in [3.63, 3.8) is 0 Å². The van der Waals surface area contributed by atoms with Crippen molar-refractivity contribution in [1.82, 2.24) is 40.4 Å². The first-order chi connectivity index (χ1) is 19.4. The fourth-order valence-corrected chi connectivity index (χ4v) is 5.08. The van der Waals surface area contributed by atoms with Crippen molar-refractivity contribution in [2.75, 3.05) is 40.1 Å². The highest BCUT2D eigenvalue weighted by Crippen LogP contribution is 2.39. The number of piperidine rings is 1. The molecule has 15 nitrogen and oxygen atoms in total. The maximum absolute atomic E-state index is 14.7. The van der Waals surface area contributed by atoms with Crippen LogP contribution in [0.2, 0.25) is 0 Å². The number of nitrogens with zero attached hydrogens (tertiary/aromatic N) is 8. The molecule has 210 valence electrons. The van der Waals surface area contributed by atoms with Gasteiger partial charge in [0.15, 0.2) is 11.6 Å². The van der Waals surface area contributed by atoms with Gasteiger partial charge in [-0.1, -0.05) is 0 Å². The van der Waals surface area contributed by atoms with Gasteiger partial charge < -0.3 is 30.9 Å². The molecule has 3 atom stereocenters. The summed E-state index contributed by atoms with van der Waals surface area (Å²) in [5.41, 5.74) is 1.02. The van der Waals surface area contributed by atoms with Crippen molar-refractivity contribution in [2.24, 2.45) is 0 Å². The van der Waals surface area contributed by atoms with E-state index in [-0.39, 0.29) is 42.7 Å². The highest BCUT2D eigenvalue weighted by atomic mass is 19.1. The molecule has 1 saturated carbocycles. The van der Waals surface area contributed by atoms with Crippen LogP contribution in [0.4, 0.5) is 38.7 Å². The second kappa shape index (κ2) is 10.9. The minimum atomic E-state index is -1.28. The normalized spacial score (nSPS) is 22.7. The Hall–Kier alpha value is -4.63. The van der Waals surface area contributed by atoms with Crippen LogP contribution in [0.1, 0.15) is 43.7 Å². The van der Waals surface area contributed by atoms with Crippen LogP contribution in [0, 0.1) is 0 Å². The molecular formula is C24H29FN12O3. The molecule has 2 amide bonds. The number of alkyl halides is 1. The van der Waals surface area contributed by atoms with Crippen molar-refractivity contribution in [3.8, 4) is 0 Å². The number of carboxylic acid groups (broad SMARTS) is 1. The zero-order valence-electron chi connectivity index (χ0n) is 21.5. The van der Waals surface area contributed by atoms with E-state index in [4.69, 9.17) is 0 Å².